The van der Waals surface area contributed by atoms with Gasteiger partial charge in [-0.3, -0.25) is 0 Å². The summed E-state index contributed by atoms with van der Waals surface area (Å²) in [7, 11) is 0. The lowest BCUT2D eigenvalue weighted by Gasteiger charge is -2.34. The first-order chi connectivity index (χ1) is 8.77. The van der Waals surface area contributed by atoms with Gasteiger partial charge in [0.1, 0.15) is 13.5 Å². The molecule has 2 aliphatic carbocycles. The SMILES string of the molecule is ClC1=C(Cl)[C@@]2(Cl)[C@@H](c3ccccc3)C[C@]1(Cl)[C@@]2(Cl)Br. The molecule has 0 unspecified atom stereocenters. The Morgan fingerprint density at radius 2 is 1.58 bits per heavy atom. The molecule has 0 amide bonds. The largest absolute Gasteiger partial charge is 0.148 e. The third-order valence-electron chi connectivity index (χ3n) is 3.98. The average molecular weight is 421 g/mol. The first kappa shape index (κ1) is 14.8. The Morgan fingerprint density at radius 1 is 1.00 bits per heavy atom. The summed E-state index contributed by atoms with van der Waals surface area (Å²) in [5.74, 6) is -0.0975. The molecular formula is C13H8BrCl5. The van der Waals surface area contributed by atoms with Crippen molar-refractivity contribution in [2.75, 3.05) is 0 Å². The molecule has 6 heteroatoms. The van der Waals surface area contributed by atoms with Crippen LogP contribution in [0.3, 0.4) is 0 Å². The van der Waals surface area contributed by atoms with Crippen LogP contribution in [0.1, 0.15) is 17.9 Å². The van der Waals surface area contributed by atoms with Crippen molar-refractivity contribution in [2.24, 2.45) is 0 Å². The Morgan fingerprint density at radius 3 is 2.05 bits per heavy atom. The summed E-state index contributed by atoms with van der Waals surface area (Å²) in [4.78, 5) is -2.04. The smallest absolute Gasteiger partial charge is 0.110 e. The first-order valence-corrected chi connectivity index (χ1v) is 8.32. The van der Waals surface area contributed by atoms with Crippen molar-refractivity contribution in [3.05, 3.63) is 46.0 Å². The number of fused-ring (bicyclic) bond motifs is 2. The number of alkyl halides is 4. The van der Waals surface area contributed by atoms with Gasteiger partial charge in [-0.05, 0) is 12.0 Å². The van der Waals surface area contributed by atoms with Crippen molar-refractivity contribution < 1.29 is 0 Å². The van der Waals surface area contributed by atoms with Gasteiger partial charge in [-0.15, -0.1) is 34.8 Å². The number of allylic oxidation sites excluding steroid dienone is 2. The highest BCUT2D eigenvalue weighted by Gasteiger charge is 2.77. The second-order valence-electron chi connectivity index (χ2n) is 4.88. The molecule has 0 N–H and O–H groups in total. The zero-order valence-electron chi connectivity index (χ0n) is 9.44. The highest BCUT2D eigenvalue weighted by atomic mass is 79.9. The highest BCUT2D eigenvalue weighted by molar-refractivity contribution is 9.10. The second-order valence-corrected chi connectivity index (χ2v) is 9.09. The standard InChI is InChI=1S/C13H8BrCl5/c14-13(19)11(17)6-8(7-4-2-1-3-5-7)12(13,18)10(16)9(11)15/h1-5,8H,6H2/t8-,11-,12+,13+/m1/s1. The van der Waals surface area contributed by atoms with Crippen LogP contribution in [0.5, 0.6) is 0 Å². The zero-order valence-corrected chi connectivity index (χ0v) is 14.8. The summed E-state index contributed by atoms with van der Waals surface area (Å²) < 4.78 is -1.11. The molecule has 0 heterocycles. The van der Waals surface area contributed by atoms with Crippen molar-refractivity contribution in [2.45, 2.75) is 25.9 Å². The molecule has 0 saturated heterocycles. The molecular weight excluding hydrogens is 413 g/mol. The summed E-state index contributed by atoms with van der Waals surface area (Å²) >= 11 is 36.0. The van der Waals surface area contributed by atoms with Crippen molar-refractivity contribution in [3.8, 4) is 0 Å². The molecule has 1 fully saturated rings. The van der Waals surface area contributed by atoms with Gasteiger partial charge in [0.15, 0.2) is 0 Å². The van der Waals surface area contributed by atoms with Gasteiger partial charge in [-0.25, -0.2) is 0 Å². The maximum absolute atomic E-state index is 6.79. The number of rotatable bonds is 1. The number of hydrogen-bond donors (Lipinski definition) is 0. The Balaban J connectivity index is 2.20. The molecule has 4 atom stereocenters. The Kier molecular flexibility index (Phi) is 3.46. The van der Waals surface area contributed by atoms with Gasteiger partial charge in [-0.2, -0.15) is 0 Å². The molecule has 0 spiro atoms. The fourth-order valence-corrected chi connectivity index (χ4v) is 6.30. The zero-order chi connectivity index (χ0) is 14.1. The van der Waals surface area contributed by atoms with E-state index in [4.69, 9.17) is 58.0 Å². The molecule has 0 aliphatic heterocycles. The lowest BCUT2D eigenvalue weighted by Crippen LogP contribution is -2.43. The fourth-order valence-electron chi connectivity index (χ4n) is 2.94. The molecule has 0 nitrogen and oxygen atoms in total. The van der Waals surface area contributed by atoms with Crippen molar-refractivity contribution in [1.29, 1.82) is 0 Å². The normalized spacial score (nSPS) is 45.1. The predicted octanol–water partition coefficient (Wildman–Crippen LogP) is 6.16. The number of hydrogen-bond acceptors (Lipinski definition) is 0. The van der Waals surface area contributed by atoms with Crippen LogP contribution in [-0.2, 0) is 0 Å². The van der Waals surface area contributed by atoms with Crippen molar-refractivity contribution in [1.82, 2.24) is 0 Å². The molecule has 102 valence electrons. The Hall–Kier alpha value is 0.890. The van der Waals surface area contributed by atoms with E-state index in [-0.39, 0.29) is 5.92 Å². The van der Waals surface area contributed by atoms with Crippen LogP contribution < -0.4 is 0 Å². The van der Waals surface area contributed by atoms with E-state index in [0.29, 0.717) is 16.5 Å². The van der Waals surface area contributed by atoms with E-state index in [2.05, 4.69) is 15.9 Å². The maximum atomic E-state index is 6.79. The van der Waals surface area contributed by atoms with Gasteiger partial charge in [0.25, 0.3) is 0 Å². The van der Waals surface area contributed by atoms with Gasteiger partial charge >= 0.3 is 0 Å². The monoisotopic (exact) mass is 418 g/mol. The van der Waals surface area contributed by atoms with Gasteiger partial charge in [0, 0.05) is 5.92 Å². The third-order valence-corrected chi connectivity index (χ3v) is 9.21. The van der Waals surface area contributed by atoms with E-state index in [1.165, 1.54) is 0 Å². The van der Waals surface area contributed by atoms with E-state index in [1.807, 2.05) is 30.3 Å². The maximum Gasteiger partial charge on any atom is 0.148 e. The van der Waals surface area contributed by atoms with E-state index in [1.54, 1.807) is 0 Å². The summed E-state index contributed by atoms with van der Waals surface area (Å²) in [5, 5.41) is 0.669. The van der Waals surface area contributed by atoms with Gasteiger partial charge in [-0.1, -0.05) is 69.5 Å². The Bertz CT molecular complexity index is 570. The third kappa shape index (κ3) is 1.61. The topological polar surface area (TPSA) is 0 Å². The molecule has 3 rings (SSSR count). The lowest BCUT2D eigenvalue weighted by atomic mass is 9.86. The molecule has 1 aromatic rings. The molecule has 1 saturated carbocycles. The van der Waals surface area contributed by atoms with Crippen LogP contribution in [0.2, 0.25) is 0 Å². The molecule has 2 aliphatic rings. The number of halogens is 6. The summed E-state index contributed by atoms with van der Waals surface area (Å²) in [6, 6.07) is 9.83. The van der Waals surface area contributed by atoms with Crippen molar-refractivity contribution in [3.63, 3.8) is 0 Å². The molecule has 2 bridgehead atoms. The van der Waals surface area contributed by atoms with Gasteiger partial charge in [0.05, 0.1) is 10.1 Å². The molecule has 19 heavy (non-hydrogen) atoms. The van der Waals surface area contributed by atoms with E-state index < -0.39 is 13.5 Å². The van der Waals surface area contributed by atoms with Crippen molar-refractivity contribution >= 4 is 73.9 Å². The van der Waals surface area contributed by atoms with Gasteiger partial charge < -0.3 is 0 Å². The minimum atomic E-state index is -1.11. The van der Waals surface area contributed by atoms with E-state index in [0.717, 1.165) is 5.56 Å². The summed E-state index contributed by atoms with van der Waals surface area (Å²) in [6.07, 6.45) is 0.534. The average Bonchev–Trinajstić information content (AvgIpc) is 2.62. The van der Waals surface area contributed by atoms with Crippen LogP contribution in [0, 0.1) is 0 Å². The molecule has 1 aromatic carbocycles. The molecule has 0 aromatic heterocycles. The second kappa shape index (κ2) is 4.44. The van der Waals surface area contributed by atoms with E-state index >= 15 is 0 Å². The van der Waals surface area contributed by atoms with Crippen LogP contribution in [0.15, 0.2) is 40.4 Å². The summed E-state index contributed by atoms with van der Waals surface area (Å²) in [5.41, 5.74) is 1.05. The van der Waals surface area contributed by atoms with E-state index in [9.17, 15) is 0 Å². The summed E-state index contributed by atoms with van der Waals surface area (Å²) in [6.45, 7) is 0. The van der Waals surface area contributed by atoms with Crippen LogP contribution in [0.25, 0.3) is 0 Å². The van der Waals surface area contributed by atoms with Gasteiger partial charge in [0.2, 0.25) is 0 Å². The highest BCUT2D eigenvalue weighted by Crippen LogP contribution is 2.76. The lowest BCUT2D eigenvalue weighted by molar-refractivity contribution is 0.604. The number of benzene rings is 1. The fraction of sp³-hybridized carbons (Fsp3) is 0.385. The quantitative estimate of drug-likeness (QED) is 0.477. The predicted molar refractivity (Wildman–Crippen MR) is 87.2 cm³/mol. The first-order valence-electron chi connectivity index (χ1n) is 5.63. The van der Waals surface area contributed by atoms with Crippen LogP contribution >= 0.6 is 73.9 Å². The minimum absolute atomic E-state index is 0.0975. The minimum Gasteiger partial charge on any atom is -0.110 e. The van der Waals surface area contributed by atoms with Crippen LogP contribution in [-0.4, -0.2) is 13.5 Å². The molecule has 0 radical (unpaired) electrons. The van der Waals surface area contributed by atoms with Crippen LogP contribution in [0.4, 0.5) is 0 Å². The Labute approximate surface area is 145 Å².